The summed E-state index contributed by atoms with van der Waals surface area (Å²) in [5.41, 5.74) is 10.3. The number of benzene rings is 1. The van der Waals surface area contributed by atoms with Gasteiger partial charge in [-0.3, -0.25) is 4.98 Å². The number of aromatic nitrogens is 3. The molecule has 0 saturated carbocycles. The van der Waals surface area contributed by atoms with Crippen molar-refractivity contribution in [2.75, 3.05) is 5.73 Å². The van der Waals surface area contributed by atoms with Crippen molar-refractivity contribution in [1.29, 1.82) is 0 Å². The third-order valence-electron chi connectivity index (χ3n) is 3.35. The lowest BCUT2D eigenvalue weighted by Crippen LogP contribution is -1.93. The Labute approximate surface area is 122 Å². The highest BCUT2D eigenvalue weighted by atomic mass is 16.5. The van der Waals surface area contributed by atoms with E-state index in [0.29, 0.717) is 17.4 Å². The normalized spacial score (nSPS) is 10.8. The van der Waals surface area contributed by atoms with Gasteiger partial charge in [-0.05, 0) is 37.1 Å². The zero-order chi connectivity index (χ0) is 14.8. The minimum Gasteiger partial charge on any atom is -0.398 e. The monoisotopic (exact) mass is 280 g/mol. The Morgan fingerprint density at radius 1 is 1.24 bits per heavy atom. The molecule has 0 spiro atoms. The second-order valence-electron chi connectivity index (χ2n) is 4.88. The van der Waals surface area contributed by atoms with Crippen LogP contribution >= 0.6 is 0 Å². The zero-order valence-corrected chi connectivity index (χ0v) is 12.0. The van der Waals surface area contributed by atoms with Crippen molar-refractivity contribution in [3.63, 3.8) is 0 Å². The van der Waals surface area contributed by atoms with E-state index in [-0.39, 0.29) is 0 Å². The molecule has 0 aliphatic heterocycles. The Balaban J connectivity index is 2.06. The van der Waals surface area contributed by atoms with Crippen LogP contribution in [-0.4, -0.2) is 15.1 Å². The second kappa shape index (κ2) is 5.36. The summed E-state index contributed by atoms with van der Waals surface area (Å²) in [6.07, 6.45) is 2.59. The van der Waals surface area contributed by atoms with Crippen LogP contribution in [0.5, 0.6) is 0 Å². The minimum absolute atomic E-state index is 0.416. The molecule has 3 aromatic rings. The maximum atomic E-state index is 5.98. The van der Waals surface area contributed by atoms with Crippen LogP contribution in [0, 0.1) is 6.92 Å². The van der Waals surface area contributed by atoms with Crippen molar-refractivity contribution < 1.29 is 4.52 Å². The van der Waals surface area contributed by atoms with E-state index in [0.717, 1.165) is 28.8 Å². The predicted octanol–water partition coefficient (Wildman–Crippen LogP) is 3.25. The van der Waals surface area contributed by atoms with E-state index in [1.54, 1.807) is 6.20 Å². The molecule has 5 heteroatoms. The number of hydrogen-bond acceptors (Lipinski definition) is 5. The van der Waals surface area contributed by atoms with Crippen LogP contribution in [0.2, 0.25) is 0 Å². The van der Waals surface area contributed by atoms with Crippen LogP contribution < -0.4 is 5.73 Å². The molecule has 1 aromatic carbocycles. The highest BCUT2D eigenvalue weighted by molar-refractivity contribution is 5.72. The Hall–Kier alpha value is -2.69. The van der Waals surface area contributed by atoms with E-state index < -0.39 is 0 Å². The SMILES string of the molecule is CCc1cccnc1-c1noc(-c2cc(C)ccc2N)n1. The molecule has 0 amide bonds. The molecule has 106 valence electrons. The Bertz CT molecular complexity index is 779. The third kappa shape index (κ3) is 2.50. The molecule has 0 aliphatic rings. The van der Waals surface area contributed by atoms with Crippen molar-refractivity contribution in [3.05, 3.63) is 47.7 Å². The second-order valence-corrected chi connectivity index (χ2v) is 4.88. The summed E-state index contributed by atoms with van der Waals surface area (Å²) in [4.78, 5) is 8.79. The summed E-state index contributed by atoms with van der Waals surface area (Å²) in [6, 6.07) is 9.64. The first-order chi connectivity index (χ1) is 10.2. The fourth-order valence-electron chi connectivity index (χ4n) is 2.21. The molecule has 3 rings (SSSR count). The number of nitrogen functional groups attached to an aromatic ring is 1. The van der Waals surface area contributed by atoms with E-state index in [1.165, 1.54) is 0 Å². The van der Waals surface area contributed by atoms with E-state index in [2.05, 4.69) is 22.0 Å². The Morgan fingerprint density at radius 2 is 2.10 bits per heavy atom. The standard InChI is InChI=1S/C16H16N4O/c1-3-11-5-4-8-18-14(11)15-19-16(21-20-15)12-9-10(2)6-7-13(12)17/h4-9H,3,17H2,1-2H3. The van der Waals surface area contributed by atoms with Crippen LogP contribution in [0.25, 0.3) is 23.0 Å². The number of pyridine rings is 1. The highest BCUT2D eigenvalue weighted by Gasteiger charge is 2.15. The first-order valence-electron chi connectivity index (χ1n) is 6.83. The van der Waals surface area contributed by atoms with Crippen LogP contribution in [0.15, 0.2) is 41.1 Å². The van der Waals surface area contributed by atoms with Crippen LogP contribution in [0.1, 0.15) is 18.1 Å². The van der Waals surface area contributed by atoms with Gasteiger partial charge in [0.05, 0.1) is 5.56 Å². The largest absolute Gasteiger partial charge is 0.398 e. The van der Waals surface area contributed by atoms with Crippen LogP contribution in [0.3, 0.4) is 0 Å². The molecule has 0 bridgehead atoms. The maximum Gasteiger partial charge on any atom is 0.260 e. The zero-order valence-electron chi connectivity index (χ0n) is 12.0. The van der Waals surface area contributed by atoms with Crippen molar-refractivity contribution in [2.45, 2.75) is 20.3 Å². The fraction of sp³-hybridized carbons (Fsp3) is 0.188. The molecule has 21 heavy (non-hydrogen) atoms. The molecular formula is C16H16N4O. The molecule has 0 radical (unpaired) electrons. The first kappa shape index (κ1) is 13.3. The highest BCUT2D eigenvalue weighted by Crippen LogP contribution is 2.28. The number of nitrogens with two attached hydrogens (primary N) is 1. The summed E-state index contributed by atoms with van der Waals surface area (Å²) in [6.45, 7) is 4.06. The van der Waals surface area contributed by atoms with Gasteiger partial charge in [0.2, 0.25) is 5.82 Å². The lowest BCUT2D eigenvalue weighted by Gasteiger charge is -2.02. The van der Waals surface area contributed by atoms with Gasteiger partial charge in [-0.15, -0.1) is 0 Å². The fourth-order valence-corrected chi connectivity index (χ4v) is 2.21. The molecular weight excluding hydrogens is 264 g/mol. The summed E-state index contributed by atoms with van der Waals surface area (Å²) < 4.78 is 5.36. The summed E-state index contributed by atoms with van der Waals surface area (Å²) in [7, 11) is 0. The average Bonchev–Trinajstić information content (AvgIpc) is 2.99. The van der Waals surface area contributed by atoms with Gasteiger partial charge in [-0.1, -0.05) is 29.8 Å². The van der Waals surface area contributed by atoms with Gasteiger partial charge in [0.25, 0.3) is 5.89 Å². The smallest absolute Gasteiger partial charge is 0.260 e. The number of hydrogen-bond donors (Lipinski definition) is 1. The van der Waals surface area contributed by atoms with Crippen LogP contribution in [0.4, 0.5) is 5.69 Å². The summed E-state index contributed by atoms with van der Waals surface area (Å²) in [5.74, 6) is 0.905. The molecule has 0 saturated heterocycles. The Morgan fingerprint density at radius 3 is 2.90 bits per heavy atom. The van der Waals surface area contributed by atoms with Gasteiger partial charge in [-0.2, -0.15) is 4.98 Å². The van der Waals surface area contributed by atoms with Gasteiger partial charge >= 0.3 is 0 Å². The predicted molar refractivity (Wildman–Crippen MR) is 81.5 cm³/mol. The van der Waals surface area contributed by atoms with Crippen molar-refractivity contribution in [3.8, 4) is 23.0 Å². The quantitative estimate of drug-likeness (QED) is 0.745. The topological polar surface area (TPSA) is 77.8 Å². The lowest BCUT2D eigenvalue weighted by atomic mass is 10.1. The van der Waals surface area contributed by atoms with Crippen LogP contribution in [-0.2, 0) is 6.42 Å². The lowest BCUT2D eigenvalue weighted by molar-refractivity contribution is 0.432. The van der Waals surface area contributed by atoms with Gasteiger partial charge in [0.1, 0.15) is 5.69 Å². The first-order valence-corrected chi connectivity index (χ1v) is 6.83. The molecule has 0 aliphatic carbocycles. The maximum absolute atomic E-state index is 5.98. The van der Waals surface area contributed by atoms with Gasteiger partial charge in [-0.25, -0.2) is 0 Å². The molecule has 0 unspecified atom stereocenters. The van der Waals surface area contributed by atoms with E-state index in [9.17, 15) is 0 Å². The van der Waals surface area contributed by atoms with E-state index >= 15 is 0 Å². The molecule has 2 N–H and O–H groups in total. The van der Waals surface area contributed by atoms with Crippen molar-refractivity contribution in [2.24, 2.45) is 0 Å². The number of rotatable bonds is 3. The van der Waals surface area contributed by atoms with Crippen molar-refractivity contribution in [1.82, 2.24) is 15.1 Å². The van der Waals surface area contributed by atoms with E-state index in [1.807, 2.05) is 37.3 Å². The molecule has 0 atom stereocenters. The molecule has 0 fully saturated rings. The molecule has 5 nitrogen and oxygen atoms in total. The summed E-state index contributed by atoms with van der Waals surface area (Å²) in [5, 5.41) is 4.04. The number of nitrogens with zero attached hydrogens (tertiary/aromatic N) is 3. The van der Waals surface area contributed by atoms with Crippen molar-refractivity contribution >= 4 is 5.69 Å². The van der Waals surface area contributed by atoms with E-state index in [4.69, 9.17) is 10.3 Å². The summed E-state index contributed by atoms with van der Waals surface area (Å²) >= 11 is 0. The third-order valence-corrected chi connectivity index (χ3v) is 3.35. The molecule has 2 heterocycles. The van der Waals surface area contributed by atoms with Gasteiger partial charge in [0, 0.05) is 11.9 Å². The number of aryl methyl sites for hydroxylation is 2. The van der Waals surface area contributed by atoms with Gasteiger partial charge < -0.3 is 10.3 Å². The molecule has 2 aromatic heterocycles. The average molecular weight is 280 g/mol. The van der Waals surface area contributed by atoms with Gasteiger partial charge in [0.15, 0.2) is 0 Å². The number of anilines is 1. The minimum atomic E-state index is 0.416. The Kier molecular flexibility index (Phi) is 3.39.